The van der Waals surface area contributed by atoms with E-state index >= 15 is 0 Å². The second-order valence-corrected chi connectivity index (χ2v) is 14.1. The Kier molecular flexibility index (Phi) is 5.53. The van der Waals surface area contributed by atoms with E-state index in [-0.39, 0.29) is 0 Å². The number of hydrogen-bond acceptors (Lipinski definition) is 0. The van der Waals surface area contributed by atoms with Gasteiger partial charge in [0.1, 0.15) is 0 Å². The van der Waals surface area contributed by atoms with Gasteiger partial charge < -0.3 is 9.13 Å². The number of benzene rings is 9. The summed E-state index contributed by atoms with van der Waals surface area (Å²) in [5, 5.41) is 10.2. The zero-order valence-corrected chi connectivity index (χ0v) is 28.2. The van der Waals surface area contributed by atoms with Crippen LogP contribution in [-0.4, -0.2) is 9.13 Å². The van der Waals surface area contributed by atoms with E-state index in [1.165, 1.54) is 98.5 Å². The molecule has 0 saturated carbocycles. The normalized spacial score (nSPS) is 12.2. The number of rotatable bonds is 3. The van der Waals surface area contributed by atoms with Crippen molar-refractivity contribution in [1.29, 1.82) is 0 Å². The Morgan fingerprint density at radius 3 is 1.52 bits per heavy atom. The van der Waals surface area contributed by atoms with Gasteiger partial charge in [-0.1, -0.05) is 121 Å². The topological polar surface area (TPSA) is 9.86 Å². The third-order valence-corrected chi connectivity index (χ3v) is 11.4. The number of hydrogen-bond donors (Lipinski definition) is 0. The van der Waals surface area contributed by atoms with Crippen LogP contribution in [0.25, 0.3) is 110 Å². The van der Waals surface area contributed by atoms with E-state index < -0.39 is 0 Å². The Bertz CT molecular complexity index is 3250. The van der Waals surface area contributed by atoms with Crippen LogP contribution >= 0.6 is 0 Å². The van der Waals surface area contributed by atoms with Crippen LogP contribution in [0.15, 0.2) is 182 Å². The molecule has 0 fully saturated rings. The quantitative estimate of drug-likeness (QED) is 0.179. The molecule has 2 nitrogen and oxygen atoms in total. The Balaban J connectivity index is 1.02. The minimum Gasteiger partial charge on any atom is -0.309 e. The highest BCUT2D eigenvalue weighted by Gasteiger charge is 2.22. The second-order valence-electron chi connectivity index (χ2n) is 14.1. The van der Waals surface area contributed by atoms with Crippen molar-refractivity contribution in [2.45, 2.75) is 0 Å². The molecule has 0 N–H and O–H groups in total. The van der Waals surface area contributed by atoms with Gasteiger partial charge in [-0.15, -0.1) is 0 Å². The zero-order chi connectivity index (χ0) is 33.9. The first-order valence-electron chi connectivity index (χ1n) is 18.0. The summed E-state index contributed by atoms with van der Waals surface area (Å²) in [7, 11) is 0. The predicted molar refractivity (Wildman–Crippen MR) is 220 cm³/mol. The smallest absolute Gasteiger partial charge is 0.0561 e. The van der Waals surface area contributed by atoms with Crippen LogP contribution in [0.2, 0.25) is 0 Å². The molecule has 0 atom stereocenters. The molecule has 2 aromatic heterocycles. The number of fused-ring (bicyclic) bond motifs is 10. The Morgan fingerprint density at radius 2 is 0.788 bits per heavy atom. The van der Waals surface area contributed by atoms with Gasteiger partial charge in [-0.2, -0.15) is 0 Å². The van der Waals surface area contributed by atoms with Crippen molar-refractivity contribution in [2.75, 3.05) is 0 Å². The average Bonchev–Trinajstić information content (AvgIpc) is 3.84. The highest BCUT2D eigenvalue weighted by molar-refractivity contribution is 6.17. The Morgan fingerprint density at radius 1 is 0.269 bits per heavy atom. The molecule has 2 heteroatoms. The maximum Gasteiger partial charge on any atom is 0.0561 e. The summed E-state index contributed by atoms with van der Waals surface area (Å²) in [6.45, 7) is 0. The molecule has 0 radical (unpaired) electrons. The van der Waals surface area contributed by atoms with Crippen molar-refractivity contribution in [3.05, 3.63) is 182 Å². The van der Waals surface area contributed by atoms with E-state index in [1.54, 1.807) is 0 Å². The third-order valence-electron chi connectivity index (χ3n) is 11.4. The zero-order valence-electron chi connectivity index (χ0n) is 28.2. The van der Waals surface area contributed by atoms with Gasteiger partial charge in [0.05, 0.1) is 22.1 Å². The molecule has 0 spiro atoms. The molecule has 2 heterocycles. The molecule has 0 amide bonds. The van der Waals surface area contributed by atoms with Crippen molar-refractivity contribution in [3.63, 3.8) is 0 Å². The summed E-state index contributed by atoms with van der Waals surface area (Å²) >= 11 is 0. The van der Waals surface area contributed by atoms with Crippen LogP contribution in [0.3, 0.4) is 0 Å². The van der Waals surface area contributed by atoms with Gasteiger partial charge in [0.2, 0.25) is 0 Å². The first-order chi connectivity index (χ1) is 25.8. The molecule has 12 rings (SSSR count). The summed E-state index contributed by atoms with van der Waals surface area (Å²) < 4.78 is 4.85. The molecule has 0 unspecified atom stereocenters. The van der Waals surface area contributed by atoms with Crippen molar-refractivity contribution < 1.29 is 0 Å². The minimum absolute atomic E-state index is 1.16. The van der Waals surface area contributed by atoms with Crippen molar-refractivity contribution in [2.24, 2.45) is 0 Å². The molecule has 240 valence electrons. The monoisotopic (exact) mass is 658 g/mol. The molecular weight excluding hydrogens is 629 g/mol. The van der Waals surface area contributed by atoms with Crippen LogP contribution in [-0.2, 0) is 0 Å². The van der Waals surface area contributed by atoms with E-state index in [0.717, 1.165) is 11.4 Å². The maximum absolute atomic E-state index is 2.44. The average molecular weight is 659 g/mol. The largest absolute Gasteiger partial charge is 0.309 e. The summed E-state index contributed by atoms with van der Waals surface area (Å²) in [6, 6.07) is 67.3. The molecule has 11 aromatic rings. The molecule has 0 aliphatic heterocycles. The lowest BCUT2D eigenvalue weighted by Crippen LogP contribution is -1.97. The third kappa shape index (κ3) is 3.78. The van der Waals surface area contributed by atoms with Crippen LogP contribution in [0.5, 0.6) is 0 Å². The van der Waals surface area contributed by atoms with Crippen LogP contribution in [0.1, 0.15) is 0 Å². The van der Waals surface area contributed by atoms with Gasteiger partial charge in [0.25, 0.3) is 0 Å². The molecular formula is C50H30N2. The van der Waals surface area contributed by atoms with E-state index in [2.05, 4.69) is 191 Å². The fraction of sp³-hybridized carbons (Fsp3) is 0. The van der Waals surface area contributed by atoms with Crippen molar-refractivity contribution in [1.82, 2.24) is 9.13 Å². The van der Waals surface area contributed by atoms with Gasteiger partial charge in [0.15, 0.2) is 0 Å². The highest BCUT2D eigenvalue weighted by Crippen LogP contribution is 2.48. The molecule has 0 bridgehead atoms. The molecule has 52 heavy (non-hydrogen) atoms. The first-order valence-corrected chi connectivity index (χ1v) is 18.0. The SMILES string of the molecule is c1ccc2c(c1)-c1cccc3cc(-c4ccc5cc(-n6c7ccccc7c7ccc(-n8c9ccccc9c9ccccc98)cc76)ccc5c4)cc-2c13. The molecule has 1 aliphatic carbocycles. The van der Waals surface area contributed by atoms with E-state index in [0.29, 0.717) is 0 Å². The van der Waals surface area contributed by atoms with Crippen molar-refractivity contribution >= 4 is 65.2 Å². The lowest BCUT2D eigenvalue weighted by Gasteiger charge is -2.13. The molecule has 1 aliphatic rings. The maximum atomic E-state index is 2.44. The van der Waals surface area contributed by atoms with Crippen LogP contribution in [0.4, 0.5) is 0 Å². The van der Waals surface area contributed by atoms with Gasteiger partial charge >= 0.3 is 0 Å². The van der Waals surface area contributed by atoms with Crippen molar-refractivity contribution in [3.8, 4) is 44.8 Å². The van der Waals surface area contributed by atoms with Crippen LogP contribution in [0, 0.1) is 0 Å². The first kappa shape index (κ1) is 27.9. The second kappa shape index (κ2) is 10.3. The minimum atomic E-state index is 1.16. The number of nitrogens with zero attached hydrogens (tertiary/aromatic N) is 2. The fourth-order valence-electron chi connectivity index (χ4n) is 9.11. The lowest BCUT2D eigenvalue weighted by molar-refractivity contribution is 1.16. The van der Waals surface area contributed by atoms with Crippen LogP contribution < -0.4 is 0 Å². The van der Waals surface area contributed by atoms with Gasteiger partial charge in [-0.05, 0) is 116 Å². The number of para-hydroxylation sites is 3. The summed E-state index contributed by atoms with van der Waals surface area (Å²) in [4.78, 5) is 0. The Hall–Kier alpha value is -6.90. The van der Waals surface area contributed by atoms with E-state index in [4.69, 9.17) is 0 Å². The van der Waals surface area contributed by atoms with E-state index in [9.17, 15) is 0 Å². The standard InChI is InChI=1S/C50H30N2/c1-2-12-39-38(11-1)44-16-9-10-34-27-35(29-45(39)50(34)44)32-20-21-33-28-36(23-22-31(33)26-32)52-48-19-8-5-15-42(48)43-25-24-37(30-49(43)52)51-46-17-6-3-13-40(46)41-14-4-7-18-47(41)51/h1-30H. The molecule has 0 saturated heterocycles. The Labute approximate surface area is 300 Å². The van der Waals surface area contributed by atoms with Gasteiger partial charge in [-0.25, -0.2) is 0 Å². The predicted octanol–water partition coefficient (Wildman–Crippen LogP) is 13.5. The summed E-state index contributed by atoms with van der Waals surface area (Å²) in [5.74, 6) is 0. The fourth-order valence-corrected chi connectivity index (χ4v) is 9.11. The highest BCUT2D eigenvalue weighted by atomic mass is 15.0. The lowest BCUT2D eigenvalue weighted by atomic mass is 9.95. The summed E-state index contributed by atoms with van der Waals surface area (Å²) in [5.41, 5.74) is 15.0. The summed E-state index contributed by atoms with van der Waals surface area (Å²) in [6.07, 6.45) is 0. The van der Waals surface area contributed by atoms with E-state index in [1.807, 2.05) is 0 Å². The van der Waals surface area contributed by atoms with Gasteiger partial charge in [-0.3, -0.25) is 0 Å². The molecule has 9 aromatic carbocycles. The van der Waals surface area contributed by atoms with Gasteiger partial charge in [0, 0.05) is 32.9 Å². The number of aromatic nitrogens is 2.